The predicted octanol–water partition coefficient (Wildman–Crippen LogP) is -0.583. The number of nitrogens with zero attached hydrogens (tertiary/aromatic N) is 3. The molecule has 0 radical (unpaired) electrons. The minimum Gasteiger partial charge on any atom is -0.468 e. The molecule has 0 saturated heterocycles. The van der Waals surface area contributed by atoms with E-state index >= 15 is 0 Å². The number of halogens is 1. The molecule has 96 valence electrons. The molecule has 0 amide bonds. The maximum absolute atomic E-state index is 11.9. The first-order valence-electron chi connectivity index (χ1n) is 4.45. The zero-order valence-corrected chi connectivity index (χ0v) is 11.7. The SMILES string of the molecule is COC(=O)[C@@H](C)NS(=O)(=O)c1c(Br)nnn1C. The first-order valence-corrected chi connectivity index (χ1v) is 6.72. The average molecular weight is 327 g/mol. The van der Waals surface area contributed by atoms with Gasteiger partial charge in [-0.2, -0.15) is 4.72 Å². The number of carbonyl (C=O) groups excluding carboxylic acids is 1. The first kappa shape index (κ1) is 14.1. The maximum Gasteiger partial charge on any atom is 0.323 e. The van der Waals surface area contributed by atoms with Gasteiger partial charge < -0.3 is 4.74 Å². The molecule has 0 aliphatic rings. The van der Waals surface area contributed by atoms with Gasteiger partial charge in [-0.25, -0.2) is 13.1 Å². The molecule has 8 nitrogen and oxygen atoms in total. The monoisotopic (exact) mass is 326 g/mol. The van der Waals surface area contributed by atoms with E-state index in [-0.39, 0.29) is 9.63 Å². The molecule has 17 heavy (non-hydrogen) atoms. The second-order valence-electron chi connectivity index (χ2n) is 3.18. The van der Waals surface area contributed by atoms with Crippen LogP contribution in [0.1, 0.15) is 6.92 Å². The first-order chi connectivity index (χ1) is 7.79. The minimum atomic E-state index is -3.89. The molecule has 1 aromatic heterocycles. The Bertz CT molecular complexity index is 506. The summed E-state index contributed by atoms with van der Waals surface area (Å²) < 4.78 is 31.6. The Labute approximate surface area is 107 Å². The van der Waals surface area contributed by atoms with E-state index in [2.05, 4.69) is 35.7 Å². The van der Waals surface area contributed by atoms with Crippen LogP contribution in [0.3, 0.4) is 0 Å². The van der Waals surface area contributed by atoms with Crippen LogP contribution in [-0.4, -0.2) is 42.5 Å². The third-order valence-corrected chi connectivity index (χ3v) is 4.31. The molecule has 10 heteroatoms. The summed E-state index contributed by atoms with van der Waals surface area (Å²) in [5.74, 6) is -0.681. The van der Waals surface area contributed by atoms with Crippen molar-refractivity contribution < 1.29 is 17.9 Å². The lowest BCUT2D eigenvalue weighted by atomic mass is 10.4. The second-order valence-corrected chi connectivity index (χ2v) is 5.56. The summed E-state index contributed by atoms with van der Waals surface area (Å²) in [4.78, 5) is 11.1. The van der Waals surface area contributed by atoms with Gasteiger partial charge in [-0.15, -0.1) is 5.10 Å². The summed E-state index contributed by atoms with van der Waals surface area (Å²) in [5, 5.41) is 6.93. The number of aryl methyl sites for hydroxylation is 1. The van der Waals surface area contributed by atoms with Gasteiger partial charge in [-0.3, -0.25) is 4.79 Å². The van der Waals surface area contributed by atoms with Crippen LogP contribution in [0.4, 0.5) is 0 Å². The van der Waals surface area contributed by atoms with Gasteiger partial charge in [0.25, 0.3) is 10.0 Å². The van der Waals surface area contributed by atoms with Crippen LogP contribution in [-0.2, 0) is 26.6 Å². The number of carbonyl (C=O) groups is 1. The number of rotatable bonds is 4. The van der Waals surface area contributed by atoms with Crippen molar-refractivity contribution in [1.29, 1.82) is 0 Å². The number of hydrogen-bond donors (Lipinski definition) is 1. The smallest absolute Gasteiger partial charge is 0.323 e. The molecule has 0 aliphatic heterocycles. The van der Waals surface area contributed by atoms with Crippen LogP contribution >= 0.6 is 15.9 Å². The number of esters is 1. The molecule has 1 aromatic rings. The van der Waals surface area contributed by atoms with Gasteiger partial charge in [0.05, 0.1) is 7.11 Å². The van der Waals surface area contributed by atoms with E-state index < -0.39 is 22.0 Å². The highest BCUT2D eigenvalue weighted by atomic mass is 79.9. The van der Waals surface area contributed by atoms with Crippen molar-refractivity contribution >= 4 is 31.9 Å². The quantitative estimate of drug-likeness (QED) is 0.742. The van der Waals surface area contributed by atoms with Crippen LogP contribution in [0, 0.1) is 0 Å². The van der Waals surface area contributed by atoms with E-state index in [1.54, 1.807) is 0 Å². The molecule has 0 aromatic carbocycles. The Kier molecular flexibility index (Phi) is 4.22. The van der Waals surface area contributed by atoms with Crippen molar-refractivity contribution in [3.8, 4) is 0 Å². The van der Waals surface area contributed by atoms with E-state index in [9.17, 15) is 13.2 Å². The minimum absolute atomic E-state index is 0.0737. The van der Waals surface area contributed by atoms with Crippen LogP contribution in [0.25, 0.3) is 0 Å². The fourth-order valence-electron chi connectivity index (χ4n) is 1.12. The van der Waals surface area contributed by atoms with Crippen molar-refractivity contribution in [1.82, 2.24) is 19.7 Å². The van der Waals surface area contributed by atoms with Gasteiger partial charge in [0.2, 0.25) is 5.03 Å². The standard InChI is InChI=1S/C7H11BrN4O4S/c1-4(7(13)16-3)10-17(14,15)6-5(8)9-11-12(6)2/h4,10H,1-3H3/t4-/m1/s1. The number of hydrogen-bond acceptors (Lipinski definition) is 6. The fourth-order valence-corrected chi connectivity index (χ4v) is 3.41. The van der Waals surface area contributed by atoms with Crippen molar-refractivity contribution in [2.45, 2.75) is 18.0 Å². The molecular formula is C7H11BrN4O4S. The highest BCUT2D eigenvalue weighted by molar-refractivity contribution is 9.10. The Morgan fingerprint density at radius 1 is 1.59 bits per heavy atom. The van der Waals surface area contributed by atoms with Crippen molar-refractivity contribution in [3.63, 3.8) is 0 Å². The van der Waals surface area contributed by atoms with Crippen LogP contribution < -0.4 is 4.72 Å². The summed E-state index contributed by atoms with van der Waals surface area (Å²) in [6.45, 7) is 1.38. The molecule has 1 heterocycles. The van der Waals surface area contributed by atoms with E-state index in [1.807, 2.05) is 0 Å². The number of methoxy groups -OCH3 is 1. The molecule has 0 spiro atoms. The highest BCUT2D eigenvalue weighted by Crippen LogP contribution is 2.17. The summed E-state index contributed by atoms with van der Waals surface area (Å²) >= 11 is 2.97. The molecule has 0 fully saturated rings. The summed E-state index contributed by atoms with van der Waals surface area (Å²) in [7, 11) is -1.29. The molecule has 0 saturated carbocycles. The van der Waals surface area contributed by atoms with Crippen molar-refractivity contribution in [2.75, 3.05) is 7.11 Å². The number of aromatic nitrogens is 3. The predicted molar refractivity (Wildman–Crippen MR) is 60.5 cm³/mol. The van der Waals surface area contributed by atoms with Gasteiger partial charge in [-0.05, 0) is 22.9 Å². The third kappa shape index (κ3) is 3.01. The lowest BCUT2D eigenvalue weighted by Crippen LogP contribution is -2.39. The van der Waals surface area contributed by atoms with Crippen molar-refractivity contribution in [3.05, 3.63) is 4.60 Å². The van der Waals surface area contributed by atoms with Gasteiger partial charge in [0.1, 0.15) is 6.04 Å². The molecule has 1 rings (SSSR count). The highest BCUT2D eigenvalue weighted by Gasteiger charge is 2.28. The van der Waals surface area contributed by atoms with Gasteiger partial charge in [0, 0.05) is 7.05 Å². The Morgan fingerprint density at radius 2 is 2.18 bits per heavy atom. The zero-order chi connectivity index (χ0) is 13.2. The van der Waals surface area contributed by atoms with Gasteiger partial charge in [-0.1, -0.05) is 5.21 Å². The third-order valence-electron chi connectivity index (χ3n) is 1.88. The normalized spacial score (nSPS) is 13.4. The number of ether oxygens (including phenoxy) is 1. The number of sulfonamides is 1. The molecule has 1 atom stereocenters. The summed E-state index contributed by atoms with van der Waals surface area (Å²) in [5.41, 5.74) is 0. The topological polar surface area (TPSA) is 103 Å². The zero-order valence-electron chi connectivity index (χ0n) is 9.34. The summed E-state index contributed by atoms with van der Waals surface area (Å²) in [6.07, 6.45) is 0. The Morgan fingerprint density at radius 3 is 2.59 bits per heavy atom. The lowest BCUT2D eigenvalue weighted by Gasteiger charge is -2.11. The van der Waals surface area contributed by atoms with Gasteiger partial charge >= 0.3 is 5.97 Å². The van der Waals surface area contributed by atoms with E-state index in [0.717, 1.165) is 4.68 Å². The molecule has 0 unspecified atom stereocenters. The Balaban J connectivity index is 3.02. The van der Waals surface area contributed by atoms with E-state index in [1.165, 1.54) is 21.1 Å². The van der Waals surface area contributed by atoms with Crippen LogP contribution in [0.2, 0.25) is 0 Å². The Hall–Kier alpha value is -1.00. The molecule has 0 bridgehead atoms. The van der Waals surface area contributed by atoms with Crippen molar-refractivity contribution in [2.24, 2.45) is 7.05 Å². The van der Waals surface area contributed by atoms with Gasteiger partial charge in [0.15, 0.2) is 4.60 Å². The largest absolute Gasteiger partial charge is 0.468 e. The van der Waals surface area contributed by atoms with E-state index in [0.29, 0.717) is 0 Å². The summed E-state index contributed by atoms with van der Waals surface area (Å²) in [6, 6.07) is -0.994. The van der Waals surface area contributed by atoms with E-state index in [4.69, 9.17) is 0 Å². The average Bonchev–Trinajstić information content (AvgIpc) is 2.57. The molecular weight excluding hydrogens is 316 g/mol. The second kappa shape index (κ2) is 5.10. The number of nitrogens with one attached hydrogen (secondary N) is 1. The fraction of sp³-hybridized carbons (Fsp3) is 0.571. The maximum atomic E-state index is 11.9. The molecule has 1 N–H and O–H groups in total. The molecule has 0 aliphatic carbocycles. The van der Waals surface area contributed by atoms with Crippen LogP contribution in [0.15, 0.2) is 9.63 Å². The lowest BCUT2D eigenvalue weighted by molar-refractivity contribution is -0.142. The van der Waals surface area contributed by atoms with Crippen LogP contribution in [0.5, 0.6) is 0 Å².